The van der Waals surface area contributed by atoms with E-state index in [0.717, 1.165) is 5.56 Å². The number of carbonyl (C=O) groups is 2. The third-order valence-electron chi connectivity index (χ3n) is 3.16. The first-order chi connectivity index (χ1) is 8.59. The van der Waals surface area contributed by atoms with Crippen LogP contribution in [0.1, 0.15) is 18.5 Å². The Morgan fingerprint density at radius 1 is 1.33 bits per heavy atom. The van der Waals surface area contributed by atoms with E-state index in [1.165, 1.54) is 0 Å². The summed E-state index contributed by atoms with van der Waals surface area (Å²) in [6.07, 6.45) is 0. The lowest BCUT2D eigenvalue weighted by molar-refractivity contribution is -0.147. The normalized spacial score (nSPS) is 23.7. The molecular formula is C13H17N3O2. The van der Waals surface area contributed by atoms with Gasteiger partial charge in [-0.15, -0.1) is 0 Å². The average molecular weight is 247 g/mol. The van der Waals surface area contributed by atoms with Crippen LogP contribution in [0.25, 0.3) is 0 Å². The van der Waals surface area contributed by atoms with Crippen molar-refractivity contribution in [2.45, 2.75) is 19.0 Å². The van der Waals surface area contributed by atoms with Gasteiger partial charge in [0.15, 0.2) is 0 Å². The van der Waals surface area contributed by atoms with Crippen molar-refractivity contribution >= 4 is 11.8 Å². The van der Waals surface area contributed by atoms with Crippen LogP contribution >= 0.6 is 0 Å². The van der Waals surface area contributed by atoms with E-state index in [4.69, 9.17) is 5.73 Å². The van der Waals surface area contributed by atoms with Crippen molar-refractivity contribution in [1.82, 2.24) is 10.2 Å². The molecule has 1 saturated heterocycles. The second kappa shape index (κ2) is 5.18. The molecule has 1 aliphatic rings. The smallest absolute Gasteiger partial charge is 0.312 e. The molecule has 2 atom stereocenters. The van der Waals surface area contributed by atoms with E-state index in [1.54, 1.807) is 4.90 Å². The minimum Gasteiger partial charge on any atom is -0.361 e. The van der Waals surface area contributed by atoms with Gasteiger partial charge in [0.2, 0.25) is 0 Å². The Kier molecular flexibility index (Phi) is 3.62. The van der Waals surface area contributed by atoms with Crippen LogP contribution in [0.2, 0.25) is 0 Å². The van der Waals surface area contributed by atoms with Gasteiger partial charge in [-0.3, -0.25) is 9.59 Å². The summed E-state index contributed by atoms with van der Waals surface area (Å²) in [6, 6.07) is 9.67. The maximum atomic E-state index is 11.9. The number of primary amides is 1. The number of benzene rings is 1. The molecule has 0 aliphatic carbocycles. The molecule has 3 N–H and O–H groups in total. The topological polar surface area (TPSA) is 75.4 Å². The Morgan fingerprint density at radius 3 is 2.61 bits per heavy atom. The highest BCUT2D eigenvalue weighted by Gasteiger charge is 2.32. The summed E-state index contributed by atoms with van der Waals surface area (Å²) in [5.74, 6) is -1.51. The number of hydrogen-bond donors (Lipinski definition) is 2. The molecule has 0 saturated carbocycles. The summed E-state index contributed by atoms with van der Waals surface area (Å²) in [5, 5.41) is 3.31. The molecule has 0 aromatic heterocycles. The van der Waals surface area contributed by atoms with E-state index in [0.29, 0.717) is 13.1 Å². The van der Waals surface area contributed by atoms with Gasteiger partial charge in [0, 0.05) is 19.1 Å². The van der Waals surface area contributed by atoms with Crippen LogP contribution in [0, 0.1) is 0 Å². The zero-order valence-corrected chi connectivity index (χ0v) is 10.3. The third kappa shape index (κ3) is 2.51. The zero-order valence-electron chi connectivity index (χ0n) is 10.3. The molecule has 1 aromatic carbocycles. The molecule has 18 heavy (non-hydrogen) atoms. The fourth-order valence-corrected chi connectivity index (χ4v) is 2.25. The number of piperazine rings is 1. The van der Waals surface area contributed by atoms with Crippen LogP contribution in [-0.4, -0.2) is 35.8 Å². The third-order valence-corrected chi connectivity index (χ3v) is 3.16. The number of hydrogen-bond acceptors (Lipinski definition) is 3. The lowest BCUT2D eigenvalue weighted by atomic mass is 10.0. The number of nitrogens with one attached hydrogen (secondary N) is 1. The van der Waals surface area contributed by atoms with Crippen LogP contribution in [0.3, 0.4) is 0 Å². The van der Waals surface area contributed by atoms with Crippen molar-refractivity contribution in [3.63, 3.8) is 0 Å². The van der Waals surface area contributed by atoms with Crippen molar-refractivity contribution in [2.24, 2.45) is 5.73 Å². The van der Waals surface area contributed by atoms with Crippen molar-refractivity contribution < 1.29 is 9.59 Å². The lowest BCUT2D eigenvalue weighted by Crippen LogP contribution is -2.55. The van der Waals surface area contributed by atoms with Gasteiger partial charge in [0.25, 0.3) is 0 Å². The van der Waals surface area contributed by atoms with Crippen LogP contribution in [0.4, 0.5) is 0 Å². The molecule has 1 aliphatic heterocycles. The highest BCUT2D eigenvalue weighted by atomic mass is 16.2. The van der Waals surface area contributed by atoms with Crippen LogP contribution in [0.5, 0.6) is 0 Å². The lowest BCUT2D eigenvalue weighted by Gasteiger charge is -2.38. The summed E-state index contributed by atoms with van der Waals surface area (Å²) in [4.78, 5) is 24.5. The quantitative estimate of drug-likeness (QED) is 0.688. The Labute approximate surface area is 106 Å². The minimum atomic E-state index is -0.898. The summed E-state index contributed by atoms with van der Waals surface area (Å²) >= 11 is 0. The highest BCUT2D eigenvalue weighted by Crippen LogP contribution is 2.23. The van der Waals surface area contributed by atoms with Gasteiger partial charge in [0.05, 0.1) is 6.04 Å². The highest BCUT2D eigenvalue weighted by molar-refractivity contribution is 6.34. The molecule has 1 fully saturated rings. The van der Waals surface area contributed by atoms with Crippen molar-refractivity contribution in [3.8, 4) is 0 Å². The van der Waals surface area contributed by atoms with E-state index in [2.05, 4.69) is 5.32 Å². The van der Waals surface area contributed by atoms with E-state index in [1.807, 2.05) is 37.3 Å². The standard InChI is InChI=1S/C13H17N3O2/c1-9-8-16(13(18)12(14)17)11(7-15-9)10-5-3-2-4-6-10/h2-6,9,11,15H,7-8H2,1H3,(H2,14,17)/t9-,11?/m1/s1. The fourth-order valence-electron chi connectivity index (χ4n) is 2.25. The predicted molar refractivity (Wildman–Crippen MR) is 67.6 cm³/mol. The second-order valence-electron chi connectivity index (χ2n) is 4.56. The van der Waals surface area contributed by atoms with Gasteiger partial charge in [0.1, 0.15) is 0 Å². The first-order valence-corrected chi connectivity index (χ1v) is 5.98. The molecule has 5 nitrogen and oxygen atoms in total. The molecular weight excluding hydrogens is 230 g/mol. The molecule has 1 heterocycles. The summed E-state index contributed by atoms with van der Waals surface area (Å²) in [6.45, 7) is 3.09. The second-order valence-corrected chi connectivity index (χ2v) is 4.56. The van der Waals surface area contributed by atoms with Crippen LogP contribution in [-0.2, 0) is 9.59 Å². The SMILES string of the molecule is C[C@@H]1CN(C(=O)C(N)=O)C(c2ccccc2)CN1. The molecule has 96 valence electrons. The predicted octanol–water partition coefficient (Wildman–Crippen LogP) is 0.0333. The number of nitrogens with zero attached hydrogens (tertiary/aromatic N) is 1. The summed E-state index contributed by atoms with van der Waals surface area (Å²) in [7, 11) is 0. The van der Waals surface area contributed by atoms with E-state index in [-0.39, 0.29) is 12.1 Å². The molecule has 5 heteroatoms. The first-order valence-electron chi connectivity index (χ1n) is 5.98. The summed E-state index contributed by atoms with van der Waals surface area (Å²) < 4.78 is 0. The number of amides is 2. The number of carbonyl (C=O) groups excluding carboxylic acids is 2. The van der Waals surface area contributed by atoms with E-state index < -0.39 is 11.8 Å². The zero-order chi connectivity index (χ0) is 13.1. The van der Waals surface area contributed by atoms with Crippen molar-refractivity contribution in [1.29, 1.82) is 0 Å². The van der Waals surface area contributed by atoms with E-state index in [9.17, 15) is 9.59 Å². The maximum Gasteiger partial charge on any atom is 0.312 e. The molecule has 1 unspecified atom stereocenters. The average Bonchev–Trinajstić information content (AvgIpc) is 2.38. The van der Waals surface area contributed by atoms with Gasteiger partial charge in [-0.2, -0.15) is 0 Å². The molecule has 0 bridgehead atoms. The Balaban J connectivity index is 2.26. The molecule has 2 amide bonds. The maximum absolute atomic E-state index is 11.9. The van der Waals surface area contributed by atoms with Crippen LogP contribution in [0.15, 0.2) is 30.3 Å². The van der Waals surface area contributed by atoms with Crippen molar-refractivity contribution in [2.75, 3.05) is 13.1 Å². The first kappa shape index (κ1) is 12.6. The Morgan fingerprint density at radius 2 is 2.00 bits per heavy atom. The Hall–Kier alpha value is -1.88. The van der Waals surface area contributed by atoms with Gasteiger partial charge >= 0.3 is 11.8 Å². The van der Waals surface area contributed by atoms with Gasteiger partial charge in [-0.05, 0) is 12.5 Å². The van der Waals surface area contributed by atoms with Crippen molar-refractivity contribution in [3.05, 3.63) is 35.9 Å². The molecule has 2 rings (SSSR count). The number of rotatable bonds is 1. The van der Waals surface area contributed by atoms with Gasteiger partial charge in [-0.25, -0.2) is 0 Å². The minimum absolute atomic E-state index is 0.137. The molecule has 0 spiro atoms. The molecule has 0 radical (unpaired) electrons. The molecule has 1 aromatic rings. The van der Waals surface area contributed by atoms with Gasteiger partial charge in [-0.1, -0.05) is 30.3 Å². The Bertz CT molecular complexity index is 447. The van der Waals surface area contributed by atoms with Gasteiger partial charge < -0.3 is 16.0 Å². The van der Waals surface area contributed by atoms with E-state index >= 15 is 0 Å². The number of nitrogens with two attached hydrogens (primary N) is 1. The monoisotopic (exact) mass is 247 g/mol. The van der Waals surface area contributed by atoms with Crippen LogP contribution < -0.4 is 11.1 Å². The summed E-state index contributed by atoms with van der Waals surface area (Å²) in [5.41, 5.74) is 6.11. The largest absolute Gasteiger partial charge is 0.361 e. The fraction of sp³-hybridized carbons (Fsp3) is 0.385.